The molecule has 2 fully saturated rings. The third kappa shape index (κ3) is 5.31. The predicted octanol–water partition coefficient (Wildman–Crippen LogP) is 3.86. The standard InChI is InChI=1S/C24H28N4O4/c25-19-7-13-21(14-8-19)27(24(30)18-3-4-18)15-16-1-9-20(10-2-16)26-23(29)17-5-11-22(12-6-17)28(31)32/h1-2,5-6,9-12,18-19,21H,3-4,7-8,13-15,25H2,(H,26,29). The van der Waals surface area contributed by atoms with E-state index < -0.39 is 4.92 Å². The largest absolute Gasteiger partial charge is 0.335 e. The van der Waals surface area contributed by atoms with Gasteiger partial charge in [0, 0.05) is 47.9 Å². The molecule has 2 aliphatic rings. The molecule has 8 nitrogen and oxygen atoms in total. The van der Waals surface area contributed by atoms with Gasteiger partial charge in [0.05, 0.1) is 4.92 Å². The number of hydrogen-bond acceptors (Lipinski definition) is 5. The summed E-state index contributed by atoms with van der Waals surface area (Å²) >= 11 is 0. The summed E-state index contributed by atoms with van der Waals surface area (Å²) in [5, 5.41) is 13.6. The smallest absolute Gasteiger partial charge is 0.269 e. The minimum Gasteiger partial charge on any atom is -0.335 e. The summed E-state index contributed by atoms with van der Waals surface area (Å²) < 4.78 is 0. The zero-order valence-electron chi connectivity index (χ0n) is 17.9. The van der Waals surface area contributed by atoms with E-state index in [0.29, 0.717) is 17.8 Å². The molecular weight excluding hydrogens is 408 g/mol. The molecule has 0 bridgehead atoms. The highest BCUT2D eigenvalue weighted by atomic mass is 16.6. The van der Waals surface area contributed by atoms with Gasteiger partial charge in [-0.05, 0) is 68.4 Å². The van der Waals surface area contributed by atoms with Crippen molar-refractivity contribution in [2.75, 3.05) is 5.32 Å². The zero-order chi connectivity index (χ0) is 22.7. The van der Waals surface area contributed by atoms with Crippen LogP contribution < -0.4 is 11.1 Å². The van der Waals surface area contributed by atoms with Gasteiger partial charge in [0.1, 0.15) is 0 Å². The number of amides is 2. The highest BCUT2D eigenvalue weighted by Crippen LogP contribution is 2.34. The van der Waals surface area contributed by atoms with Crippen molar-refractivity contribution in [1.29, 1.82) is 0 Å². The van der Waals surface area contributed by atoms with Crippen molar-refractivity contribution in [3.63, 3.8) is 0 Å². The van der Waals surface area contributed by atoms with Gasteiger partial charge >= 0.3 is 0 Å². The van der Waals surface area contributed by atoms with Crippen LogP contribution in [0.25, 0.3) is 0 Å². The van der Waals surface area contributed by atoms with E-state index in [-0.39, 0.29) is 35.5 Å². The first-order valence-corrected chi connectivity index (χ1v) is 11.1. The number of carbonyl (C=O) groups is 2. The van der Waals surface area contributed by atoms with E-state index in [1.54, 1.807) is 0 Å². The number of nitrogens with one attached hydrogen (secondary N) is 1. The molecule has 32 heavy (non-hydrogen) atoms. The average Bonchev–Trinajstić information content (AvgIpc) is 3.64. The molecule has 0 spiro atoms. The number of nitro groups is 1. The number of rotatable bonds is 7. The molecule has 3 N–H and O–H groups in total. The second kappa shape index (κ2) is 9.48. The summed E-state index contributed by atoms with van der Waals surface area (Å²) in [6.45, 7) is 0.561. The number of nitrogens with two attached hydrogens (primary N) is 1. The molecule has 2 saturated carbocycles. The fraction of sp³-hybridized carbons (Fsp3) is 0.417. The van der Waals surface area contributed by atoms with Gasteiger partial charge in [-0.2, -0.15) is 0 Å². The van der Waals surface area contributed by atoms with Crippen LogP contribution in [-0.4, -0.2) is 33.7 Å². The van der Waals surface area contributed by atoms with Crippen molar-refractivity contribution < 1.29 is 14.5 Å². The summed E-state index contributed by atoms with van der Waals surface area (Å²) in [7, 11) is 0. The van der Waals surface area contributed by atoms with Crippen LogP contribution in [0.5, 0.6) is 0 Å². The lowest BCUT2D eigenvalue weighted by Crippen LogP contribution is -2.44. The molecule has 0 aromatic heterocycles. The normalized spacial score (nSPS) is 20.4. The Hall–Kier alpha value is -3.26. The van der Waals surface area contributed by atoms with Gasteiger partial charge < -0.3 is 16.0 Å². The van der Waals surface area contributed by atoms with E-state index in [2.05, 4.69) is 5.32 Å². The Morgan fingerprint density at radius 3 is 2.16 bits per heavy atom. The van der Waals surface area contributed by atoms with Gasteiger partial charge in [0.15, 0.2) is 0 Å². The molecule has 0 radical (unpaired) electrons. The van der Waals surface area contributed by atoms with Crippen LogP contribution >= 0.6 is 0 Å². The average molecular weight is 437 g/mol. The number of non-ortho nitro benzene ring substituents is 1. The Morgan fingerprint density at radius 2 is 1.59 bits per heavy atom. The Kier molecular flexibility index (Phi) is 6.50. The Morgan fingerprint density at radius 1 is 0.969 bits per heavy atom. The molecule has 0 aliphatic heterocycles. The molecule has 2 amide bonds. The maximum Gasteiger partial charge on any atom is 0.269 e. The summed E-state index contributed by atoms with van der Waals surface area (Å²) in [5.74, 6) is 0.0867. The van der Waals surface area contributed by atoms with Crippen LogP contribution in [0, 0.1) is 16.0 Å². The molecule has 2 aromatic carbocycles. The maximum absolute atomic E-state index is 12.9. The van der Waals surface area contributed by atoms with E-state index in [1.165, 1.54) is 24.3 Å². The van der Waals surface area contributed by atoms with Gasteiger partial charge in [-0.3, -0.25) is 19.7 Å². The predicted molar refractivity (Wildman–Crippen MR) is 121 cm³/mol. The van der Waals surface area contributed by atoms with Crippen molar-refractivity contribution in [1.82, 2.24) is 4.90 Å². The fourth-order valence-corrected chi connectivity index (χ4v) is 4.19. The number of benzene rings is 2. The second-order valence-corrected chi connectivity index (χ2v) is 8.76. The summed E-state index contributed by atoms with van der Waals surface area (Å²) in [5.41, 5.74) is 7.98. The first-order chi connectivity index (χ1) is 15.4. The molecule has 0 atom stereocenters. The van der Waals surface area contributed by atoms with Crippen molar-refractivity contribution in [2.24, 2.45) is 11.7 Å². The molecule has 0 saturated heterocycles. The topological polar surface area (TPSA) is 119 Å². The van der Waals surface area contributed by atoms with Crippen LogP contribution in [0.1, 0.15) is 54.4 Å². The van der Waals surface area contributed by atoms with Crippen LogP contribution in [0.2, 0.25) is 0 Å². The Labute approximate surface area is 186 Å². The second-order valence-electron chi connectivity index (χ2n) is 8.76. The van der Waals surface area contributed by atoms with Crippen molar-refractivity contribution in [2.45, 2.75) is 57.2 Å². The van der Waals surface area contributed by atoms with Crippen molar-refractivity contribution >= 4 is 23.2 Å². The van der Waals surface area contributed by atoms with Gasteiger partial charge in [0.25, 0.3) is 11.6 Å². The first kappa shape index (κ1) is 22.0. The number of nitrogens with zero attached hydrogens (tertiary/aromatic N) is 2. The highest BCUT2D eigenvalue weighted by molar-refractivity contribution is 6.04. The molecule has 8 heteroatoms. The van der Waals surface area contributed by atoms with E-state index in [1.807, 2.05) is 29.2 Å². The van der Waals surface area contributed by atoms with Gasteiger partial charge in [0.2, 0.25) is 5.91 Å². The molecule has 0 heterocycles. The van der Waals surface area contributed by atoms with Gasteiger partial charge in [-0.1, -0.05) is 12.1 Å². The Balaban J connectivity index is 1.39. The maximum atomic E-state index is 12.9. The number of hydrogen-bond donors (Lipinski definition) is 2. The number of anilines is 1. The number of nitro benzene ring substituents is 1. The first-order valence-electron chi connectivity index (χ1n) is 11.1. The summed E-state index contributed by atoms with van der Waals surface area (Å²) in [4.78, 5) is 37.6. The van der Waals surface area contributed by atoms with E-state index in [4.69, 9.17) is 5.73 Å². The molecule has 2 aromatic rings. The number of carbonyl (C=O) groups excluding carboxylic acids is 2. The van der Waals surface area contributed by atoms with E-state index >= 15 is 0 Å². The Bertz CT molecular complexity index is 978. The minimum absolute atomic E-state index is 0.0591. The monoisotopic (exact) mass is 436 g/mol. The van der Waals surface area contributed by atoms with Crippen molar-refractivity contribution in [3.8, 4) is 0 Å². The third-order valence-corrected chi connectivity index (χ3v) is 6.30. The minimum atomic E-state index is -0.501. The van der Waals surface area contributed by atoms with Crippen LogP contribution in [0.4, 0.5) is 11.4 Å². The fourth-order valence-electron chi connectivity index (χ4n) is 4.19. The summed E-state index contributed by atoms with van der Waals surface area (Å²) in [6, 6.07) is 13.4. The van der Waals surface area contributed by atoms with Gasteiger partial charge in [-0.25, -0.2) is 0 Å². The lowest BCUT2D eigenvalue weighted by Gasteiger charge is -2.36. The molecule has 168 valence electrons. The molecule has 2 aliphatic carbocycles. The van der Waals surface area contributed by atoms with E-state index in [9.17, 15) is 19.7 Å². The summed E-state index contributed by atoms with van der Waals surface area (Å²) in [6.07, 6.45) is 5.76. The van der Waals surface area contributed by atoms with Crippen LogP contribution in [-0.2, 0) is 11.3 Å². The zero-order valence-corrected chi connectivity index (χ0v) is 17.9. The highest BCUT2D eigenvalue weighted by Gasteiger charge is 2.37. The third-order valence-electron chi connectivity index (χ3n) is 6.30. The SMILES string of the molecule is NC1CCC(N(Cc2ccc(NC(=O)c3ccc([N+](=O)[O-])cc3)cc2)C(=O)C2CC2)CC1. The van der Waals surface area contributed by atoms with Gasteiger partial charge in [-0.15, -0.1) is 0 Å². The molecule has 0 unspecified atom stereocenters. The lowest BCUT2D eigenvalue weighted by atomic mass is 9.90. The van der Waals surface area contributed by atoms with Crippen LogP contribution in [0.3, 0.4) is 0 Å². The van der Waals surface area contributed by atoms with Crippen LogP contribution in [0.15, 0.2) is 48.5 Å². The molecule has 4 rings (SSSR count). The van der Waals surface area contributed by atoms with E-state index in [0.717, 1.165) is 44.1 Å². The quantitative estimate of drug-likeness (QED) is 0.505. The van der Waals surface area contributed by atoms with Crippen molar-refractivity contribution in [3.05, 3.63) is 69.8 Å². The lowest BCUT2D eigenvalue weighted by molar-refractivity contribution is -0.384. The molecular formula is C24H28N4O4.